The zero-order chi connectivity index (χ0) is 14.0. The molecule has 3 heteroatoms. The van der Waals surface area contributed by atoms with Gasteiger partial charge in [-0.15, -0.1) is 0 Å². The lowest BCUT2D eigenvalue weighted by atomic mass is 9.97. The van der Waals surface area contributed by atoms with Gasteiger partial charge in [-0.2, -0.15) is 0 Å². The minimum atomic E-state index is 0.490. The van der Waals surface area contributed by atoms with Crippen molar-refractivity contribution in [1.82, 2.24) is 4.98 Å². The normalized spacial score (nSPS) is 10.6. The Balaban J connectivity index is 2.61. The van der Waals surface area contributed by atoms with Crippen LogP contribution in [0.15, 0.2) is 30.5 Å². The maximum absolute atomic E-state index is 5.93. The van der Waals surface area contributed by atoms with Gasteiger partial charge in [0.15, 0.2) is 0 Å². The van der Waals surface area contributed by atoms with Gasteiger partial charge in [0, 0.05) is 32.4 Å². The molecule has 1 aromatic carbocycles. The molecule has 3 nitrogen and oxygen atoms in total. The molecule has 0 unspecified atom stereocenters. The van der Waals surface area contributed by atoms with Crippen LogP contribution in [-0.4, -0.2) is 19.1 Å². The summed E-state index contributed by atoms with van der Waals surface area (Å²) in [5.41, 5.74) is 12.0. The van der Waals surface area contributed by atoms with Crippen molar-refractivity contribution in [3.8, 4) is 11.1 Å². The van der Waals surface area contributed by atoms with Gasteiger partial charge in [-0.25, -0.2) is 4.98 Å². The van der Waals surface area contributed by atoms with Gasteiger partial charge in [-0.05, 0) is 42.2 Å². The Morgan fingerprint density at radius 1 is 1.11 bits per heavy atom. The molecule has 0 fully saturated rings. The Bertz CT molecular complexity index is 589. The van der Waals surface area contributed by atoms with Crippen molar-refractivity contribution in [2.45, 2.75) is 20.4 Å². The van der Waals surface area contributed by atoms with E-state index in [2.05, 4.69) is 37.0 Å². The molecule has 0 bridgehead atoms. The number of aryl methyl sites for hydroxylation is 2. The van der Waals surface area contributed by atoms with Crippen LogP contribution in [0.1, 0.15) is 16.7 Å². The van der Waals surface area contributed by atoms with Gasteiger partial charge in [0.25, 0.3) is 0 Å². The lowest BCUT2D eigenvalue weighted by molar-refractivity contribution is 0.988. The molecule has 1 aromatic heterocycles. The zero-order valence-electron chi connectivity index (χ0n) is 12.1. The van der Waals surface area contributed by atoms with Crippen molar-refractivity contribution in [1.29, 1.82) is 0 Å². The number of nitrogens with zero attached hydrogens (tertiary/aromatic N) is 2. The molecule has 2 N–H and O–H groups in total. The number of nitrogens with two attached hydrogens (primary N) is 1. The van der Waals surface area contributed by atoms with E-state index in [0.29, 0.717) is 6.54 Å². The van der Waals surface area contributed by atoms with Crippen molar-refractivity contribution in [2.75, 3.05) is 19.0 Å². The molecule has 0 amide bonds. The van der Waals surface area contributed by atoms with E-state index in [9.17, 15) is 0 Å². The molecule has 0 aliphatic carbocycles. The first-order valence-electron chi connectivity index (χ1n) is 6.47. The van der Waals surface area contributed by atoms with Crippen LogP contribution in [0.3, 0.4) is 0 Å². The summed E-state index contributed by atoms with van der Waals surface area (Å²) < 4.78 is 0. The number of hydrogen-bond donors (Lipinski definition) is 1. The van der Waals surface area contributed by atoms with Gasteiger partial charge in [0.2, 0.25) is 0 Å². The summed E-state index contributed by atoms with van der Waals surface area (Å²) in [5.74, 6) is 0.943. The summed E-state index contributed by atoms with van der Waals surface area (Å²) in [6.45, 7) is 4.75. The molecule has 0 spiro atoms. The highest BCUT2D eigenvalue weighted by Gasteiger charge is 2.11. The lowest BCUT2D eigenvalue weighted by Crippen LogP contribution is -2.15. The number of hydrogen-bond acceptors (Lipinski definition) is 3. The van der Waals surface area contributed by atoms with E-state index in [-0.39, 0.29) is 0 Å². The lowest BCUT2D eigenvalue weighted by Gasteiger charge is -2.18. The van der Waals surface area contributed by atoms with Crippen molar-refractivity contribution >= 4 is 5.82 Å². The predicted molar refractivity (Wildman–Crippen MR) is 81.4 cm³/mol. The first-order chi connectivity index (χ1) is 9.04. The molecule has 19 heavy (non-hydrogen) atoms. The maximum Gasteiger partial charge on any atom is 0.133 e. The topological polar surface area (TPSA) is 42.2 Å². The van der Waals surface area contributed by atoms with E-state index in [1.54, 1.807) is 0 Å². The van der Waals surface area contributed by atoms with Crippen molar-refractivity contribution in [2.24, 2.45) is 5.73 Å². The molecule has 100 valence electrons. The van der Waals surface area contributed by atoms with Gasteiger partial charge >= 0.3 is 0 Å². The number of pyridine rings is 1. The van der Waals surface area contributed by atoms with Crippen LogP contribution in [-0.2, 0) is 6.54 Å². The van der Waals surface area contributed by atoms with E-state index < -0.39 is 0 Å². The summed E-state index contributed by atoms with van der Waals surface area (Å²) in [7, 11) is 3.98. The molecule has 0 radical (unpaired) electrons. The summed E-state index contributed by atoms with van der Waals surface area (Å²) in [4.78, 5) is 6.43. The molecular weight excluding hydrogens is 234 g/mol. The number of aromatic nitrogens is 1. The molecule has 0 aliphatic rings. The third-order valence-corrected chi connectivity index (χ3v) is 3.48. The number of benzene rings is 1. The van der Waals surface area contributed by atoms with Crippen LogP contribution in [0.5, 0.6) is 0 Å². The third-order valence-electron chi connectivity index (χ3n) is 3.48. The van der Waals surface area contributed by atoms with Gasteiger partial charge in [-0.1, -0.05) is 18.2 Å². The highest BCUT2D eigenvalue weighted by molar-refractivity contribution is 5.73. The van der Waals surface area contributed by atoms with Gasteiger partial charge in [0.05, 0.1) is 0 Å². The Kier molecular flexibility index (Phi) is 3.86. The average molecular weight is 255 g/mol. The van der Waals surface area contributed by atoms with Crippen LogP contribution in [0.4, 0.5) is 5.82 Å². The quantitative estimate of drug-likeness (QED) is 0.917. The minimum absolute atomic E-state index is 0.490. The Morgan fingerprint density at radius 3 is 2.42 bits per heavy atom. The highest BCUT2D eigenvalue weighted by atomic mass is 15.1. The average Bonchev–Trinajstić information content (AvgIpc) is 2.40. The second-order valence-corrected chi connectivity index (χ2v) is 5.06. The smallest absolute Gasteiger partial charge is 0.133 e. The summed E-state index contributed by atoms with van der Waals surface area (Å²) in [5, 5.41) is 0. The molecule has 0 saturated carbocycles. The van der Waals surface area contributed by atoms with Crippen molar-refractivity contribution < 1.29 is 0 Å². The maximum atomic E-state index is 5.93. The van der Waals surface area contributed by atoms with Gasteiger partial charge in [-0.3, -0.25) is 0 Å². The number of rotatable bonds is 3. The summed E-state index contributed by atoms with van der Waals surface area (Å²) in [6.07, 6.45) is 1.85. The van der Waals surface area contributed by atoms with Crippen molar-refractivity contribution in [3.05, 3.63) is 47.2 Å². The van der Waals surface area contributed by atoms with Crippen LogP contribution >= 0.6 is 0 Å². The first-order valence-corrected chi connectivity index (χ1v) is 6.47. The van der Waals surface area contributed by atoms with Crippen LogP contribution in [0.2, 0.25) is 0 Å². The third kappa shape index (κ3) is 2.61. The Hall–Kier alpha value is -1.87. The Morgan fingerprint density at radius 2 is 1.84 bits per heavy atom. The fraction of sp³-hybridized carbons (Fsp3) is 0.312. The van der Waals surface area contributed by atoms with Crippen LogP contribution in [0, 0.1) is 13.8 Å². The van der Waals surface area contributed by atoms with E-state index in [4.69, 9.17) is 5.73 Å². The SMILES string of the molecule is Cc1ccc(-c2ccnc(N(C)C)c2CN)cc1C. The van der Waals surface area contributed by atoms with Crippen LogP contribution < -0.4 is 10.6 Å². The number of anilines is 1. The predicted octanol–water partition coefficient (Wildman–Crippen LogP) is 2.89. The van der Waals surface area contributed by atoms with Gasteiger partial charge in [0.1, 0.15) is 5.82 Å². The largest absolute Gasteiger partial charge is 0.362 e. The molecule has 1 heterocycles. The highest BCUT2D eigenvalue weighted by Crippen LogP contribution is 2.29. The fourth-order valence-corrected chi connectivity index (χ4v) is 2.25. The molecular formula is C16H21N3. The van der Waals surface area contributed by atoms with E-state index in [1.165, 1.54) is 22.3 Å². The standard InChI is InChI=1S/C16H21N3/c1-11-5-6-13(9-12(11)2)14-7-8-18-16(19(3)4)15(14)10-17/h5-9H,10,17H2,1-4H3. The fourth-order valence-electron chi connectivity index (χ4n) is 2.25. The Labute approximate surface area is 115 Å². The van der Waals surface area contributed by atoms with E-state index in [0.717, 1.165) is 11.4 Å². The molecule has 0 saturated heterocycles. The molecule has 2 aromatic rings. The van der Waals surface area contributed by atoms with Crippen molar-refractivity contribution in [3.63, 3.8) is 0 Å². The van der Waals surface area contributed by atoms with Crippen LogP contribution in [0.25, 0.3) is 11.1 Å². The second kappa shape index (κ2) is 5.41. The van der Waals surface area contributed by atoms with E-state index in [1.807, 2.05) is 31.3 Å². The summed E-state index contributed by atoms with van der Waals surface area (Å²) >= 11 is 0. The molecule has 2 rings (SSSR count). The zero-order valence-corrected chi connectivity index (χ0v) is 12.1. The summed E-state index contributed by atoms with van der Waals surface area (Å²) in [6, 6.07) is 8.56. The second-order valence-electron chi connectivity index (χ2n) is 5.06. The van der Waals surface area contributed by atoms with Gasteiger partial charge < -0.3 is 10.6 Å². The minimum Gasteiger partial charge on any atom is -0.362 e. The molecule has 0 aliphatic heterocycles. The monoisotopic (exact) mass is 255 g/mol. The van der Waals surface area contributed by atoms with E-state index >= 15 is 0 Å². The first kappa shape index (κ1) is 13.6. The molecule has 0 atom stereocenters.